The fourth-order valence-electron chi connectivity index (χ4n) is 2.61. The Bertz CT molecular complexity index is 630. The second-order valence-corrected chi connectivity index (χ2v) is 5.32. The average Bonchev–Trinajstić information content (AvgIpc) is 3.02. The molecule has 114 valence electrons. The highest BCUT2D eigenvalue weighted by molar-refractivity contribution is 5.91. The van der Waals surface area contributed by atoms with Crippen LogP contribution >= 0.6 is 0 Å². The van der Waals surface area contributed by atoms with E-state index in [9.17, 15) is 4.79 Å². The molecule has 7 nitrogen and oxygen atoms in total. The molecule has 1 atom stereocenters. The van der Waals surface area contributed by atoms with Gasteiger partial charge in [-0.05, 0) is 31.9 Å². The Kier molecular flexibility index (Phi) is 4.22. The van der Waals surface area contributed by atoms with E-state index in [0.29, 0.717) is 12.2 Å². The highest BCUT2D eigenvalue weighted by Gasteiger charge is 2.26. The Morgan fingerprint density at radius 3 is 3.05 bits per heavy atom. The predicted molar refractivity (Wildman–Crippen MR) is 81.5 cm³/mol. The highest BCUT2D eigenvalue weighted by Crippen LogP contribution is 2.22. The molecule has 2 aromatic heterocycles. The quantitative estimate of drug-likeness (QED) is 0.905. The molecule has 0 aliphatic carbocycles. The molecule has 1 fully saturated rings. The fraction of sp³-hybridized carbons (Fsp3) is 0.400. The van der Waals surface area contributed by atoms with Crippen LogP contribution in [0.4, 0.5) is 5.82 Å². The summed E-state index contributed by atoms with van der Waals surface area (Å²) in [5.74, 6) is 0.660. The van der Waals surface area contributed by atoms with Gasteiger partial charge in [-0.2, -0.15) is 5.10 Å². The summed E-state index contributed by atoms with van der Waals surface area (Å²) in [4.78, 5) is 22.5. The Balaban J connectivity index is 1.61. The number of rotatable bonds is 4. The van der Waals surface area contributed by atoms with Gasteiger partial charge in [0.25, 0.3) is 5.91 Å². The zero-order chi connectivity index (χ0) is 15.4. The lowest BCUT2D eigenvalue weighted by atomic mass is 10.2. The highest BCUT2D eigenvalue weighted by atomic mass is 16.1. The molecule has 1 amide bonds. The number of nitrogens with zero attached hydrogens (tertiary/aromatic N) is 5. The van der Waals surface area contributed by atoms with Crippen molar-refractivity contribution in [2.24, 2.45) is 0 Å². The van der Waals surface area contributed by atoms with E-state index in [1.54, 1.807) is 12.4 Å². The molecule has 0 saturated carbocycles. The summed E-state index contributed by atoms with van der Waals surface area (Å²) in [6.07, 6.45) is 6.86. The van der Waals surface area contributed by atoms with Crippen molar-refractivity contribution in [3.8, 4) is 0 Å². The van der Waals surface area contributed by atoms with Crippen molar-refractivity contribution in [3.05, 3.63) is 42.1 Å². The maximum Gasteiger partial charge on any atom is 0.271 e. The van der Waals surface area contributed by atoms with Gasteiger partial charge in [-0.15, -0.1) is 5.10 Å². The van der Waals surface area contributed by atoms with Crippen molar-refractivity contribution in [2.45, 2.75) is 25.8 Å². The summed E-state index contributed by atoms with van der Waals surface area (Å²) >= 11 is 0. The Morgan fingerprint density at radius 2 is 2.32 bits per heavy atom. The maximum absolute atomic E-state index is 12.1. The third kappa shape index (κ3) is 3.19. The van der Waals surface area contributed by atoms with Crippen molar-refractivity contribution in [2.75, 3.05) is 18.0 Å². The first-order valence-corrected chi connectivity index (χ1v) is 7.35. The third-order valence-corrected chi connectivity index (χ3v) is 3.74. The molecule has 3 rings (SSSR count). The van der Waals surface area contributed by atoms with Crippen LogP contribution in [0.5, 0.6) is 0 Å². The number of carbonyl (C=O) groups excluding carboxylic acids is 1. The molecular weight excluding hydrogens is 280 g/mol. The number of aromatic nitrogens is 4. The van der Waals surface area contributed by atoms with E-state index >= 15 is 0 Å². The minimum absolute atomic E-state index is 0.196. The summed E-state index contributed by atoms with van der Waals surface area (Å²) < 4.78 is 0. The molecule has 3 heterocycles. The van der Waals surface area contributed by atoms with Crippen LogP contribution in [0.25, 0.3) is 0 Å². The molecule has 0 aromatic carbocycles. The first-order valence-electron chi connectivity index (χ1n) is 7.35. The Hall–Kier alpha value is -2.57. The largest absolute Gasteiger partial charge is 0.350 e. The summed E-state index contributed by atoms with van der Waals surface area (Å²) in [5, 5.41) is 11.0. The van der Waals surface area contributed by atoms with Gasteiger partial charge in [-0.25, -0.2) is 4.98 Å². The second-order valence-electron chi connectivity index (χ2n) is 5.32. The third-order valence-electron chi connectivity index (χ3n) is 3.74. The van der Waals surface area contributed by atoms with Gasteiger partial charge in [-0.1, -0.05) is 0 Å². The minimum atomic E-state index is -0.196. The number of anilines is 1. The molecule has 22 heavy (non-hydrogen) atoms. The Morgan fingerprint density at radius 1 is 1.41 bits per heavy atom. The van der Waals surface area contributed by atoms with E-state index in [2.05, 4.69) is 30.4 Å². The van der Waals surface area contributed by atoms with E-state index < -0.39 is 0 Å². The number of nitrogens with one attached hydrogen (secondary N) is 1. The molecule has 7 heteroatoms. The number of hydrogen-bond acceptors (Lipinski definition) is 6. The molecule has 1 saturated heterocycles. The molecule has 0 radical (unpaired) electrons. The smallest absolute Gasteiger partial charge is 0.271 e. The van der Waals surface area contributed by atoms with E-state index in [1.807, 2.05) is 19.1 Å². The SMILES string of the molecule is Cc1cnc(C(=O)NCC2CCCN2c2cccnn2)cn1. The predicted octanol–water partition coefficient (Wildman–Crippen LogP) is 0.974. The van der Waals surface area contributed by atoms with Gasteiger partial charge in [0.15, 0.2) is 5.82 Å². The normalized spacial score (nSPS) is 17.5. The zero-order valence-electron chi connectivity index (χ0n) is 12.4. The summed E-state index contributed by atoms with van der Waals surface area (Å²) in [6, 6.07) is 4.05. The van der Waals surface area contributed by atoms with Crippen LogP contribution in [0.15, 0.2) is 30.7 Å². The molecule has 1 aliphatic rings. The van der Waals surface area contributed by atoms with Gasteiger partial charge >= 0.3 is 0 Å². The zero-order valence-corrected chi connectivity index (χ0v) is 12.4. The molecule has 1 unspecified atom stereocenters. The lowest BCUT2D eigenvalue weighted by Crippen LogP contribution is -2.40. The van der Waals surface area contributed by atoms with Gasteiger partial charge < -0.3 is 10.2 Å². The molecule has 1 aliphatic heterocycles. The molecule has 1 N–H and O–H groups in total. The van der Waals surface area contributed by atoms with Crippen LogP contribution < -0.4 is 10.2 Å². The van der Waals surface area contributed by atoms with Crippen molar-refractivity contribution < 1.29 is 4.79 Å². The molecule has 2 aromatic rings. The van der Waals surface area contributed by atoms with Gasteiger partial charge in [0.2, 0.25) is 0 Å². The van der Waals surface area contributed by atoms with E-state index in [4.69, 9.17) is 0 Å². The molecular formula is C15H18N6O. The van der Waals surface area contributed by atoms with E-state index in [-0.39, 0.29) is 11.9 Å². The standard InChI is InChI=1S/C15H18N6O/c1-11-8-17-13(10-16-11)15(22)18-9-12-4-3-7-21(12)14-5-2-6-19-20-14/h2,5-6,8,10,12H,3-4,7,9H2,1H3,(H,18,22). The minimum Gasteiger partial charge on any atom is -0.350 e. The fourth-order valence-corrected chi connectivity index (χ4v) is 2.61. The number of amides is 1. The van der Waals surface area contributed by atoms with Gasteiger partial charge in [0.05, 0.1) is 11.9 Å². The summed E-state index contributed by atoms with van der Waals surface area (Å²) in [6.45, 7) is 3.33. The van der Waals surface area contributed by atoms with Gasteiger partial charge in [0.1, 0.15) is 5.69 Å². The summed E-state index contributed by atoms with van der Waals surface area (Å²) in [7, 11) is 0. The lowest BCUT2D eigenvalue weighted by Gasteiger charge is -2.25. The molecule has 0 bridgehead atoms. The Labute approximate surface area is 128 Å². The molecule has 0 spiro atoms. The van der Waals surface area contributed by atoms with Gasteiger partial charge in [-0.3, -0.25) is 9.78 Å². The average molecular weight is 298 g/mol. The van der Waals surface area contributed by atoms with Crippen molar-refractivity contribution in [1.29, 1.82) is 0 Å². The monoisotopic (exact) mass is 298 g/mol. The first kappa shape index (κ1) is 14.4. The number of aryl methyl sites for hydroxylation is 1. The van der Waals surface area contributed by atoms with E-state index in [0.717, 1.165) is 30.9 Å². The van der Waals surface area contributed by atoms with Crippen LogP contribution in [0, 0.1) is 6.92 Å². The second kappa shape index (κ2) is 6.46. The van der Waals surface area contributed by atoms with Crippen LogP contribution in [0.1, 0.15) is 29.0 Å². The van der Waals surface area contributed by atoms with Crippen LogP contribution in [0.3, 0.4) is 0 Å². The van der Waals surface area contributed by atoms with Crippen LogP contribution in [0.2, 0.25) is 0 Å². The lowest BCUT2D eigenvalue weighted by molar-refractivity contribution is 0.0946. The maximum atomic E-state index is 12.1. The number of hydrogen-bond donors (Lipinski definition) is 1. The topological polar surface area (TPSA) is 83.9 Å². The number of carbonyl (C=O) groups is 1. The van der Waals surface area contributed by atoms with E-state index in [1.165, 1.54) is 6.20 Å². The van der Waals surface area contributed by atoms with Crippen LogP contribution in [-0.2, 0) is 0 Å². The summed E-state index contributed by atoms with van der Waals surface area (Å²) in [5.41, 5.74) is 1.14. The van der Waals surface area contributed by atoms with Crippen molar-refractivity contribution in [3.63, 3.8) is 0 Å². The van der Waals surface area contributed by atoms with Crippen molar-refractivity contribution >= 4 is 11.7 Å². The first-order chi connectivity index (χ1) is 10.7. The van der Waals surface area contributed by atoms with Crippen molar-refractivity contribution in [1.82, 2.24) is 25.5 Å². The van der Waals surface area contributed by atoms with Gasteiger partial charge in [0, 0.05) is 31.5 Å². The van der Waals surface area contributed by atoms with Crippen LogP contribution in [-0.4, -0.2) is 45.2 Å².